The predicted molar refractivity (Wildman–Crippen MR) is 84.8 cm³/mol. The topological polar surface area (TPSA) is 71.9 Å². The normalized spacial score (nSPS) is 11.9. The van der Waals surface area contributed by atoms with Crippen molar-refractivity contribution in [1.29, 1.82) is 0 Å². The van der Waals surface area contributed by atoms with Gasteiger partial charge in [0.1, 0.15) is 12.3 Å². The number of rotatable bonds is 7. The summed E-state index contributed by atoms with van der Waals surface area (Å²) in [6.45, 7) is 5.44. The number of urea groups is 1. The van der Waals surface area contributed by atoms with E-state index >= 15 is 0 Å². The molecule has 1 rings (SSSR count). The van der Waals surface area contributed by atoms with Gasteiger partial charge in [-0.05, 0) is 18.1 Å². The van der Waals surface area contributed by atoms with Crippen LogP contribution in [0.3, 0.4) is 0 Å². The van der Waals surface area contributed by atoms with Gasteiger partial charge < -0.3 is 15.0 Å². The van der Waals surface area contributed by atoms with Gasteiger partial charge in [0.25, 0.3) is 5.91 Å². The van der Waals surface area contributed by atoms with Gasteiger partial charge in [-0.3, -0.25) is 10.1 Å². The molecule has 0 aromatic heterocycles. The lowest BCUT2D eigenvalue weighted by atomic mass is 10.2. The minimum absolute atomic E-state index is 0.228. The van der Waals surface area contributed by atoms with E-state index in [1.807, 2.05) is 45.2 Å². The first-order valence-electron chi connectivity index (χ1n) is 7.42. The molecular weight excluding hydrogens is 282 g/mol. The SMILES string of the molecule is COc1cccc(C[NH+](C)CC(=O)NC(=O)NCC(C)C)c1. The molecule has 0 fully saturated rings. The fourth-order valence-corrected chi connectivity index (χ4v) is 1.98. The Bertz CT molecular complexity index is 503. The number of carbonyl (C=O) groups is 2. The zero-order valence-corrected chi connectivity index (χ0v) is 13.7. The maximum atomic E-state index is 11.8. The Balaban J connectivity index is 2.38. The first-order chi connectivity index (χ1) is 10.4. The summed E-state index contributed by atoms with van der Waals surface area (Å²) in [6, 6.07) is 7.29. The quantitative estimate of drug-likeness (QED) is 0.673. The number of nitrogens with one attached hydrogen (secondary N) is 3. The largest absolute Gasteiger partial charge is 0.497 e. The number of ether oxygens (including phenoxy) is 1. The summed E-state index contributed by atoms with van der Waals surface area (Å²) in [5.41, 5.74) is 1.08. The number of amides is 3. The molecule has 6 heteroatoms. The van der Waals surface area contributed by atoms with Crippen molar-refractivity contribution in [2.75, 3.05) is 27.2 Å². The smallest absolute Gasteiger partial charge is 0.321 e. The van der Waals surface area contributed by atoms with Gasteiger partial charge in [-0.1, -0.05) is 26.0 Å². The Labute approximate surface area is 131 Å². The van der Waals surface area contributed by atoms with Crippen LogP contribution in [0, 0.1) is 5.92 Å². The molecule has 1 atom stereocenters. The summed E-state index contributed by atoms with van der Waals surface area (Å²) in [5, 5.41) is 4.99. The van der Waals surface area contributed by atoms with Crippen molar-refractivity contribution >= 4 is 11.9 Å². The second kappa shape index (κ2) is 9.04. The summed E-state index contributed by atoms with van der Waals surface area (Å²) in [5.74, 6) is 0.853. The monoisotopic (exact) mass is 308 g/mol. The molecule has 0 radical (unpaired) electrons. The van der Waals surface area contributed by atoms with Crippen LogP contribution < -0.4 is 20.3 Å². The lowest BCUT2D eigenvalue weighted by molar-refractivity contribution is -0.885. The highest BCUT2D eigenvalue weighted by atomic mass is 16.5. The molecule has 0 saturated heterocycles. The van der Waals surface area contributed by atoms with Crippen LogP contribution in [0.25, 0.3) is 0 Å². The van der Waals surface area contributed by atoms with Crippen LogP contribution in [0.5, 0.6) is 5.75 Å². The summed E-state index contributed by atoms with van der Waals surface area (Å²) in [7, 11) is 3.53. The summed E-state index contributed by atoms with van der Waals surface area (Å²) < 4.78 is 5.17. The fourth-order valence-electron chi connectivity index (χ4n) is 1.98. The van der Waals surface area contributed by atoms with Gasteiger partial charge in [-0.25, -0.2) is 4.79 Å². The molecule has 0 bridgehead atoms. The third kappa shape index (κ3) is 7.08. The van der Waals surface area contributed by atoms with Crippen LogP contribution >= 0.6 is 0 Å². The van der Waals surface area contributed by atoms with E-state index in [9.17, 15) is 9.59 Å². The van der Waals surface area contributed by atoms with E-state index in [2.05, 4.69) is 10.6 Å². The first-order valence-corrected chi connectivity index (χ1v) is 7.42. The van der Waals surface area contributed by atoms with Crippen LogP contribution in [0.4, 0.5) is 4.79 Å². The van der Waals surface area contributed by atoms with Crippen LogP contribution in [0.2, 0.25) is 0 Å². The van der Waals surface area contributed by atoms with E-state index in [1.54, 1.807) is 7.11 Å². The van der Waals surface area contributed by atoms with E-state index in [4.69, 9.17) is 4.74 Å². The molecule has 6 nitrogen and oxygen atoms in total. The molecule has 22 heavy (non-hydrogen) atoms. The Morgan fingerprint density at radius 1 is 1.32 bits per heavy atom. The Kier molecular flexibility index (Phi) is 7.39. The second-order valence-corrected chi connectivity index (χ2v) is 5.81. The zero-order valence-electron chi connectivity index (χ0n) is 13.7. The molecule has 0 aliphatic rings. The number of likely N-dealkylation sites (N-methyl/N-ethyl adjacent to an activating group) is 1. The second-order valence-electron chi connectivity index (χ2n) is 5.81. The third-order valence-electron chi connectivity index (χ3n) is 3.03. The number of imide groups is 1. The van der Waals surface area contributed by atoms with Crippen LogP contribution in [0.15, 0.2) is 24.3 Å². The number of methoxy groups -OCH3 is 1. The number of carbonyl (C=O) groups excluding carboxylic acids is 2. The minimum atomic E-state index is -0.437. The van der Waals surface area contributed by atoms with Crippen molar-refractivity contribution in [1.82, 2.24) is 10.6 Å². The van der Waals surface area contributed by atoms with Crippen molar-refractivity contribution in [3.8, 4) is 5.75 Å². The molecule has 3 amide bonds. The molecule has 3 N–H and O–H groups in total. The van der Waals surface area contributed by atoms with Gasteiger partial charge >= 0.3 is 6.03 Å². The molecule has 1 aromatic rings. The van der Waals surface area contributed by atoms with Gasteiger partial charge in [-0.15, -0.1) is 0 Å². The Morgan fingerprint density at radius 3 is 2.68 bits per heavy atom. The molecule has 1 unspecified atom stereocenters. The van der Waals surface area contributed by atoms with Gasteiger partial charge in [0, 0.05) is 12.1 Å². The molecule has 0 heterocycles. The van der Waals surface area contributed by atoms with Crippen molar-refractivity contribution < 1.29 is 19.2 Å². The summed E-state index contributed by atoms with van der Waals surface area (Å²) in [4.78, 5) is 24.3. The third-order valence-corrected chi connectivity index (χ3v) is 3.03. The van der Waals surface area contributed by atoms with Crippen molar-refractivity contribution in [2.24, 2.45) is 5.92 Å². The average molecular weight is 308 g/mol. The highest BCUT2D eigenvalue weighted by Gasteiger charge is 2.13. The number of hydrogen-bond donors (Lipinski definition) is 3. The van der Waals surface area contributed by atoms with Gasteiger partial charge in [0.05, 0.1) is 14.2 Å². The van der Waals surface area contributed by atoms with Crippen molar-refractivity contribution in [3.63, 3.8) is 0 Å². The Hall–Kier alpha value is -2.08. The number of quaternary nitrogens is 1. The van der Waals surface area contributed by atoms with E-state index < -0.39 is 6.03 Å². The highest BCUT2D eigenvalue weighted by molar-refractivity contribution is 5.94. The average Bonchev–Trinajstić information content (AvgIpc) is 2.44. The molecule has 0 aliphatic heterocycles. The number of hydrogen-bond acceptors (Lipinski definition) is 3. The summed E-state index contributed by atoms with van der Waals surface area (Å²) in [6.07, 6.45) is 0. The van der Waals surface area contributed by atoms with Crippen LogP contribution in [-0.4, -0.2) is 39.2 Å². The lowest BCUT2D eigenvalue weighted by Crippen LogP contribution is -3.09. The van der Waals surface area contributed by atoms with E-state index in [0.29, 0.717) is 19.0 Å². The molecule has 1 aromatic carbocycles. The summed E-state index contributed by atoms with van der Waals surface area (Å²) >= 11 is 0. The Morgan fingerprint density at radius 2 is 2.05 bits per heavy atom. The van der Waals surface area contributed by atoms with Crippen LogP contribution in [-0.2, 0) is 11.3 Å². The van der Waals surface area contributed by atoms with Crippen molar-refractivity contribution in [2.45, 2.75) is 20.4 Å². The zero-order chi connectivity index (χ0) is 16.5. The van der Waals surface area contributed by atoms with Gasteiger partial charge in [0.2, 0.25) is 0 Å². The maximum Gasteiger partial charge on any atom is 0.321 e. The highest BCUT2D eigenvalue weighted by Crippen LogP contribution is 2.11. The molecule has 0 saturated carbocycles. The lowest BCUT2D eigenvalue weighted by Gasteiger charge is -2.14. The molecule has 0 spiro atoms. The first kappa shape index (κ1) is 18.0. The standard InChI is InChI=1S/C16H25N3O3/c1-12(2)9-17-16(21)18-15(20)11-19(3)10-13-6-5-7-14(8-13)22-4/h5-8,12H,9-11H2,1-4H3,(H2,17,18,20,21)/p+1. The predicted octanol–water partition coefficient (Wildman–Crippen LogP) is 0.192. The maximum absolute atomic E-state index is 11.8. The number of benzene rings is 1. The van der Waals surface area contributed by atoms with Crippen LogP contribution in [0.1, 0.15) is 19.4 Å². The molecule has 122 valence electrons. The van der Waals surface area contributed by atoms with Gasteiger partial charge in [-0.2, -0.15) is 0 Å². The van der Waals surface area contributed by atoms with Gasteiger partial charge in [0.15, 0.2) is 6.54 Å². The molecule has 0 aliphatic carbocycles. The van der Waals surface area contributed by atoms with E-state index in [0.717, 1.165) is 16.2 Å². The molecular formula is C16H26N3O3+. The van der Waals surface area contributed by atoms with Crippen molar-refractivity contribution in [3.05, 3.63) is 29.8 Å². The fraction of sp³-hybridized carbons (Fsp3) is 0.500. The minimum Gasteiger partial charge on any atom is -0.497 e. The van der Waals surface area contributed by atoms with E-state index in [1.165, 1.54) is 0 Å². The van der Waals surface area contributed by atoms with E-state index in [-0.39, 0.29) is 12.5 Å².